The van der Waals surface area contributed by atoms with Crippen LogP contribution in [-0.4, -0.2) is 22.6 Å². The summed E-state index contributed by atoms with van der Waals surface area (Å²) >= 11 is 9.88. The number of ether oxygens (including phenoxy) is 1. The first-order valence-electron chi connectivity index (χ1n) is 5.59. The fourth-order valence-corrected chi connectivity index (χ4v) is 2.46. The van der Waals surface area contributed by atoms with Crippen LogP contribution in [0, 0.1) is 11.3 Å². The minimum Gasteiger partial charge on any atom is -0.494 e. The molecular weight excluding hydrogens is 426 g/mol. The maximum atomic E-state index is 8.55. The molecule has 0 aliphatic rings. The van der Waals surface area contributed by atoms with Crippen LogP contribution in [0.5, 0.6) is 5.75 Å². The third-order valence-electron chi connectivity index (χ3n) is 1.80. The predicted octanol–water partition coefficient (Wildman–Crippen LogP) is 4.89. The van der Waals surface area contributed by atoms with Crippen molar-refractivity contribution < 1.29 is 4.74 Å². The first-order chi connectivity index (χ1) is 8.78. The zero-order chi connectivity index (χ0) is 13.6. The van der Waals surface area contributed by atoms with E-state index in [1.165, 1.54) is 6.42 Å². The van der Waals surface area contributed by atoms with Crippen molar-refractivity contribution in [3.05, 3.63) is 29.8 Å². The number of hydrogen-bond acceptors (Lipinski definition) is 2. The summed E-state index contributed by atoms with van der Waals surface area (Å²) in [5.41, 5.74) is 0.660. The standard InChI is InChI=1S/C10H10BrNO.C3H6Br2/c11-6-1-7-13-10-4-2-9(8-12)3-5-10;4-2-1-3-5/h2-5H,1,6-7H2;1-3H2. The van der Waals surface area contributed by atoms with Crippen molar-refractivity contribution in [2.24, 2.45) is 0 Å². The Morgan fingerprint density at radius 1 is 0.944 bits per heavy atom. The third-order valence-corrected chi connectivity index (χ3v) is 3.48. The summed E-state index contributed by atoms with van der Waals surface area (Å²) in [6, 6.07) is 9.19. The number of nitrogens with zero attached hydrogens (tertiary/aromatic N) is 1. The average molecular weight is 442 g/mol. The second kappa shape index (κ2) is 13.4. The summed E-state index contributed by atoms with van der Waals surface area (Å²) in [6.45, 7) is 0.706. The highest BCUT2D eigenvalue weighted by atomic mass is 79.9. The molecule has 0 heterocycles. The van der Waals surface area contributed by atoms with Crippen molar-refractivity contribution in [2.75, 3.05) is 22.6 Å². The molecule has 0 N–H and O–H groups in total. The van der Waals surface area contributed by atoms with Crippen LogP contribution in [0.1, 0.15) is 18.4 Å². The number of nitriles is 1. The number of hydrogen-bond donors (Lipinski definition) is 0. The summed E-state index contributed by atoms with van der Waals surface area (Å²) in [6.07, 6.45) is 2.21. The Morgan fingerprint density at radius 2 is 1.50 bits per heavy atom. The van der Waals surface area contributed by atoms with Gasteiger partial charge in [0.15, 0.2) is 0 Å². The zero-order valence-electron chi connectivity index (χ0n) is 10.0. The minimum absolute atomic E-state index is 0.660. The Morgan fingerprint density at radius 3 is 1.89 bits per heavy atom. The van der Waals surface area contributed by atoms with E-state index in [1.807, 2.05) is 12.1 Å². The van der Waals surface area contributed by atoms with Gasteiger partial charge in [0, 0.05) is 16.0 Å². The Labute approximate surface area is 134 Å². The SMILES string of the molecule is BrCCCBr.N#Cc1ccc(OCCCBr)cc1. The molecule has 0 bridgehead atoms. The molecule has 0 unspecified atom stereocenters. The molecule has 0 saturated heterocycles. The minimum atomic E-state index is 0.660. The summed E-state index contributed by atoms with van der Waals surface area (Å²) in [5.74, 6) is 0.819. The van der Waals surface area contributed by atoms with E-state index in [4.69, 9.17) is 10.00 Å². The lowest BCUT2D eigenvalue weighted by molar-refractivity contribution is 0.319. The van der Waals surface area contributed by atoms with Crippen molar-refractivity contribution in [3.8, 4) is 11.8 Å². The highest BCUT2D eigenvalue weighted by Crippen LogP contribution is 2.11. The lowest BCUT2D eigenvalue weighted by Crippen LogP contribution is -1.97. The van der Waals surface area contributed by atoms with Crippen LogP contribution in [0.15, 0.2) is 24.3 Å². The molecule has 18 heavy (non-hydrogen) atoms. The van der Waals surface area contributed by atoms with Gasteiger partial charge in [-0.1, -0.05) is 47.8 Å². The Hall–Kier alpha value is -0.0500. The number of alkyl halides is 3. The molecule has 1 rings (SSSR count). The molecule has 0 spiro atoms. The first kappa shape index (κ1) is 17.9. The molecule has 0 aliphatic heterocycles. The highest BCUT2D eigenvalue weighted by Gasteiger charge is 1.93. The summed E-state index contributed by atoms with van der Waals surface area (Å²) in [4.78, 5) is 0. The monoisotopic (exact) mass is 439 g/mol. The summed E-state index contributed by atoms with van der Waals surface area (Å²) < 4.78 is 5.41. The van der Waals surface area contributed by atoms with Crippen molar-refractivity contribution >= 4 is 47.8 Å². The number of rotatable bonds is 6. The van der Waals surface area contributed by atoms with Crippen LogP contribution in [0.3, 0.4) is 0 Å². The van der Waals surface area contributed by atoms with E-state index in [9.17, 15) is 0 Å². The van der Waals surface area contributed by atoms with Crippen LogP contribution < -0.4 is 4.74 Å². The normalized spacial score (nSPS) is 9.00. The van der Waals surface area contributed by atoms with E-state index in [0.717, 1.165) is 28.2 Å². The molecule has 0 radical (unpaired) electrons. The molecule has 0 fully saturated rings. The maximum absolute atomic E-state index is 8.55. The second-order valence-corrected chi connectivity index (χ2v) is 5.64. The van der Waals surface area contributed by atoms with Gasteiger partial charge in [0.2, 0.25) is 0 Å². The van der Waals surface area contributed by atoms with Gasteiger partial charge >= 0.3 is 0 Å². The Bertz CT molecular complexity index is 333. The van der Waals surface area contributed by atoms with E-state index in [0.29, 0.717) is 12.2 Å². The van der Waals surface area contributed by atoms with Crippen molar-refractivity contribution in [2.45, 2.75) is 12.8 Å². The van der Waals surface area contributed by atoms with Gasteiger partial charge in [0.1, 0.15) is 5.75 Å². The number of halogens is 3. The predicted molar refractivity (Wildman–Crippen MR) is 87.3 cm³/mol. The van der Waals surface area contributed by atoms with Gasteiger partial charge in [0.05, 0.1) is 18.2 Å². The van der Waals surface area contributed by atoms with E-state index in [1.54, 1.807) is 12.1 Å². The van der Waals surface area contributed by atoms with Crippen molar-refractivity contribution in [1.29, 1.82) is 5.26 Å². The smallest absolute Gasteiger partial charge is 0.119 e. The fourth-order valence-electron chi connectivity index (χ4n) is 0.921. The van der Waals surface area contributed by atoms with Gasteiger partial charge in [-0.3, -0.25) is 0 Å². The molecule has 1 aromatic rings. The van der Waals surface area contributed by atoms with Gasteiger partial charge in [-0.15, -0.1) is 0 Å². The van der Waals surface area contributed by atoms with Gasteiger partial charge in [-0.2, -0.15) is 5.26 Å². The highest BCUT2D eigenvalue weighted by molar-refractivity contribution is 9.09. The van der Waals surface area contributed by atoms with Gasteiger partial charge in [0.25, 0.3) is 0 Å². The lowest BCUT2D eigenvalue weighted by Gasteiger charge is -2.03. The largest absolute Gasteiger partial charge is 0.494 e. The van der Waals surface area contributed by atoms with E-state index >= 15 is 0 Å². The first-order valence-corrected chi connectivity index (χ1v) is 8.95. The summed E-state index contributed by atoms with van der Waals surface area (Å²) in [7, 11) is 0. The quantitative estimate of drug-likeness (QED) is 0.465. The maximum Gasteiger partial charge on any atom is 0.119 e. The molecular formula is C13H16Br3NO. The molecule has 0 saturated carbocycles. The van der Waals surface area contributed by atoms with Crippen LogP contribution in [0.25, 0.3) is 0 Å². The van der Waals surface area contributed by atoms with E-state index in [2.05, 4.69) is 53.9 Å². The molecule has 0 aromatic heterocycles. The Kier molecular flexibility index (Phi) is 13.3. The van der Waals surface area contributed by atoms with Crippen molar-refractivity contribution in [1.82, 2.24) is 0 Å². The number of benzene rings is 1. The van der Waals surface area contributed by atoms with E-state index in [-0.39, 0.29) is 0 Å². The molecule has 2 nitrogen and oxygen atoms in total. The van der Waals surface area contributed by atoms with Crippen LogP contribution in [0.4, 0.5) is 0 Å². The fraction of sp³-hybridized carbons (Fsp3) is 0.462. The van der Waals surface area contributed by atoms with Gasteiger partial charge in [-0.25, -0.2) is 0 Å². The van der Waals surface area contributed by atoms with Crippen molar-refractivity contribution in [3.63, 3.8) is 0 Å². The van der Waals surface area contributed by atoms with Gasteiger partial charge in [-0.05, 0) is 37.1 Å². The average Bonchev–Trinajstić information content (AvgIpc) is 2.41. The second-order valence-electron chi connectivity index (χ2n) is 3.26. The van der Waals surface area contributed by atoms with Gasteiger partial charge < -0.3 is 4.74 Å². The topological polar surface area (TPSA) is 33.0 Å². The Balaban J connectivity index is 0.000000494. The van der Waals surface area contributed by atoms with Crippen LogP contribution in [-0.2, 0) is 0 Å². The van der Waals surface area contributed by atoms with E-state index < -0.39 is 0 Å². The van der Waals surface area contributed by atoms with Crippen LogP contribution in [0.2, 0.25) is 0 Å². The molecule has 5 heteroatoms. The molecule has 1 aromatic carbocycles. The third kappa shape index (κ3) is 9.93. The van der Waals surface area contributed by atoms with Crippen LogP contribution >= 0.6 is 47.8 Å². The molecule has 0 amide bonds. The summed E-state index contributed by atoms with van der Waals surface area (Å²) in [5, 5.41) is 11.7. The molecule has 0 aliphatic carbocycles. The molecule has 0 atom stereocenters. The lowest BCUT2D eigenvalue weighted by atomic mass is 10.2. The molecule has 100 valence electrons. The zero-order valence-corrected chi connectivity index (χ0v) is 14.8.